The summed E-state index contributed by atoms with van der Waals surface area (Å²) >= 11 is 0. The Hall–Kier alpha value is -2.46. The van der Waals surface area contributed by atoms with Crippen LogP contribution in [0.4, 0.5) is 0 Å². The second-order valence-corrected chi connectivity index (χ2v) is 10.3. The molecule has 2 aliphatic rings. The van der Waals surface area contributed by atoms with Crippen molar-refractivity contribution in [3.8, 4) is 0 Å². The summed E-state index contributed by atoms with van der Waals surface area (Å²) in [6.07, 6.45) is 2.34. The first-order valence-electron chi connectivity index (χ1n) is 11.0. The van der Waals surface area contributed by atoms with Crippen LogP contribution in [-0.4, -0.2) is 73.0 Å². The summed E-state index contributed by atoms with van der Waals surface area (Å²) in [4.78, 5) is 41.8. The number of carbonyl (C=O) groups is 3. The molecule has 1 N–H and O–H groups in total. The van der Waals surface area contributed by atoms with E-state index in [2.05, 4.69) is 4.72 Å². The van der Waals surface area contributed by atoms with Crippen molar-refractivity contribution in [2.24, 2.45) is 0 Å². The summed E-state index contributed by atoms with van der Waals surface area (Å²) in [5, 5.41) is 0. The predicted molar refractivity (Wildman–Crippen MR) is 118 cm³/mol. The maximum Gasteiger partial charge on any atom is 0.329 e. The number of nitrogens with one attached hydrogen (secondary N) is 1. The maximum absolute atomic E-state index is 13.3. The van der Waals surface area contributed by atoms with Gasteiger partial charge in [0.1, 0.15) is 18.7 Å². The van der Waals surface area contributed by atoms with Gasteiger partial charge in [0.2, 0.25) is 21.8 Å². The Labute approximate surface area is 189 Å². The number of carbonyl (C=O) groups excluding carboxylic acids is 3. The number of likely N-dealkylation sites (tertiary alicyclic amines) is 2. The molecule has 0 radical (unpaired) electrons. The fourth-order valence-corrected chi connectivity index (χ4v) is 5.04. The van der Waals surface area contributed by atoms with Crippen molar-refractivity contribution in [1.29, 1.82) is 0 Å². The zero-order valence-corrected chi connectivity index (χ0v) is 19.3. The van der Waals surface area contributed by atoms with Crippen LogP contribution in [-0.2, 0) is 35.8 Å². The standard InChI is InChI=1S/C22H31N3O6S/c1-3-32(29,30)23-16(2)20(26)24-13-7-11-18(24)21(27)25-14-8-12-19(25)22(28)31-15-17-9-5-4-6-10-17/h4-6,9-10,16,18-19,23H,3,7-8,11-15H2,1-2H3/t16-,18-,19-/m0/s1. The molecule has 2 amide bonds. The summed E-state index contributed by atoms with van der Waals surface area (Å²) in [6, 6.07) is 7.01. The van der Waals surface area contributed by atoms with E-state index < -0.39 is 40.0 Å². The number of hydrogen-bond donors (Lipinski definition) is 1. The predicted octanol–water partition coefficient (Wildman–Crippen LogP) is 1.04. The van der Waals surface area contributed by atoms with E-state index in [0.29, 0.717) is 38.8 Å². The maximum atomic E-state index is 13.3. The van der Waals surface area contributed by atoms with E-state index in [9.17, 15) is 22.8 Å². The lowest BCUT2D eigenvalue weighted by Gasteiger charge is -2.32. The van der Waals surface area contributed by atoms with Gasteiger partial charge in [-0.25, -0.2) is 17.9 Å². The largest absolute Gasteiger partial charge is 0.459 e. The number of sulfonamides is 1. The SMILES string of the molecule is CCS(=O)(=O)N[C@@H](C)C(=O)N1CCC[C@H]1C(=O)N1CCC[C@H]1C(=O)OCc1ccccc1. The van der Waals surface area contributed by atoms with Crippen molar-refractivity contribution in [3.05, 3.63) is 35.9 Å². The van der Waals surface area contributed by atoms with E-state index in [-0.39, 0.29) is 18.3 Å². The van der Waals surface area contributed by atoms with E-state index in [0.717, 1.165) is 5.56 Å². The highest BCUT2D eigenvalue weighted by Crippen LogP contribution is 2.26. The molecule has 32 heavy (non-hydrogen) atoms. The molecule has 2 heterocycles. The highest BCUT2D eigenvalue weighted by Gasteiger charge is 2.43. The molecule has 1 aromatic rings. The third kappa shape index (κ3) is 5.66. The molecule has 0 bridgehead atoms. The van der Waals surface area contributed by atoms with Gasteiger partial charge in [-0.15, -0.1) is 0 Å². The quantitative estimate of drug-likeness (QED) is 0.574. The molecule has 9 nitrogen and oxygen atoms in total. The number of hydrogen-bond acceptors (Lipinski definition) is 6. The van der Waals surface area contributed by atoms with Crippen LogP contribution in [0.15, 0.2) is 30.3 Å². The zero-order chi connectivity index (χ0) is 23.3. The topological polar surface area (TPSA) is 113 Å². The summed E-state index contributed by atoms with van der Waals surface area (Å²) in [7, 11) is -3.55. The number of rotatable bonds is 8. The number of nitrogens with zero attached hydrogens (tertiary/aromatic N) is 2. The average Bonchev–Trinajstić information content (AvgIpc) is 3.47. The van der Waals surface area contributed by atoms with Gasteiger partial charge < -0.3 is 14.5 Å². The van der Waals surface area contributed by atoms with Crippen molar-refractivity contribution in [2.75, 3.05) is 18.8 Å². The Balaban J connectivity index is 1.64. The van der Waals surface area contributed by atoms with Crippen LogP contribution in [0.5, 0.6) is 0 Å². The molecule has 0 aromatic heterocycles. The molecule has 2 aliphatic heterocycles. The highest BCUT2D eigenvalue weighted by molar-refractivity contribution is 7.89. The van der Waals surface area contributed by atoms with E-state index in [1.54, 1.807) is 0 Å². The number of ether oxygens (including phenoxy) is 1. The minimum Gasteiger partial charge on any atom is -0.459 e. The van der Waals surface area contributed by atoms with Crippen LogP contribution in [0.25, 0.3) is 0 Å². The molecule has 0 spiro atoms. The van der Waals surface area contributed by atoms with Crippen LogP contribution in [0.2, 0.25) is 0 Å². The Morgan fingerprint density at radius 2 is 1.69 bits per heavy atom. The van der Waals surface area contributed by atoms with Gasteiger partial charge in [0.05, 0.1) is 11.8 Å². The molecule has 2 saturated heterocycles. The molecule has 1 aromatic carbocycles. The van der Waals surface area contributed by atoms with Crippen LogP contribution in [0, 0.1) is 0 Å². The van der Waals surface area contributed by atoms with Crippen LogP contribution >= 0.6 is 0 Å². The van der Waals surface area contributed by atoms with E-state index >= 15 is 0 Å². The minimum atomic E-state index is -3.55. The van der Waals surface area contributed by atoms with Crippen molar-refractivity contribution in [3.63, 3.8) is 0 Å². The van der Waals surface area contributed by atoms with Gasteiger partial charge in [-0.05, 0) is 45.1 Å². The van der Waals surface area contributed by atoms with Gasteiger partial charge in [0.25, 0.3) is 0 Å². The van der Waals surface area contributed by atoms with Gasteiger partial charge >= 0.3 is 5.97 Å². The second kappa shape index (κ2) is 10.4. The first-order valence-corrected chi connectivity index (χ1v) is 12.7. The number of amides is 2. The van der Waals surface area contributed by atoms with Crippen molar-refractivity contribution >= 4 is 27.8 Å². The van der Waals surface area contributed by atoms with Crippen LogP contribution in [0.3, 0.4) is 0 Å². The van der Waals surface area contributed by atoms with Crippen LogP contribution < -0.4 is 4.72 Å². The number of benzene rings is 1. The van der Waals surface area contributed by atoms with Gasteiger partial charge in [-0.1, -0.05) is 30.3 Å². The molecular formula is C22H31N3O6S. The number of esters is 1. The van der Waals surface area contributed by atoms with Crippen molar-refractivity contribution in [2.45, 2.75) is 64.3 Å². The lowest BCUT2D eigenvalue weighted by Crippen LogP contribution is -2.54. The van der Waals surface area contributed by atoms with Crippen molar-refractivity contribution in [1.82, 2.24) is 14.5 Å². The molecule has 10 heteroatoms. The van der Waals surface area contributed by atoms with Gasteiger partial charge in [0, 0.05) is 13.1 Å². The highest BCUT2D eigenvalue weighted by atomic mass is 32.2. The normalized spacial score (nSPS) is 22.1. The molecule has 0 saturated carbocycles. The molecule has 0 unspecified atom stereocenters. The van der Waals surface area contributed by atoms with Gasteiger partial charge in [-0.2, -0.15) is 0 Å². The summed E-state index contributed by atoms with van der Waals surface area (Å²) in [5.41, 5.74) is 0.868. The monoisotopic (exact) mass is 465 g/mol. The molecule has 3 atom stereocenters. The summed E-state index contributed by atoms with van der Waals surface area (Å²) in [6.45, 7) is 3.92. The van der Waals surface area contributed by atoms with E-state index in [1.165, 1.54) is 23.6 Å². The molecule has 0 aliphatic carbocycles. The Morgan fingerprint density at radius 3 is 2.34 bits per heavy atom. The van der Waals surface area contributed by atoms with Gasteiger partial charge in [0.15, 0.2) is 0 Å². The average molecular weight is 466 g/mol. The van der Waals surface area contributed by atoms with Crippen molar-refractivity contribution < 1.29 is 27.5 Å². The molecule has 3 rings (SSSR count). The fourth-order valence-electron chi connectivity index (χ4n) is 4.23. The third-order valence-corrected chi connectivity index (χ3v) is 7.43. The Morgan fingerprint density at radius 1 is 1.06 bits per heavy atom. The Bertz CT molecular complexity index is 936. The molecule has 2 fully saturated rings. The fraction of sp³-hybridized carbons (Fsp3) is 0.591. The van der Waals surface area contributed by atoms with E-state index in [1.807, 2.05) is 30.3 Å². The smallest absolute Gasteiger partial charge is 0.329 e. The summed E-state index contributed by atoms with van der Waals surface area (Å²) in [5.74, 6) is -1.28. The third-order valence-electron chi connectivity index (χ3n) is 5.96. The zero-order valence-electron chi connectivity index (χ0n) is 18.5. The lowest BCUT2D eigenvalue weighted by atomic mass is 10.1. The Kier molecular flexibility index (Phi) is 7.89. The summed E-state index contributed by atoms with van der Waals surface area (Å²) < 4.78 is 31.5. The second-order valence-electron chi connectivity index (χ2n) is 8.22. The molecular weight excluding hydrogens is 434 g/mol. The van der Waals surface area contributed by atoms with Crippen LogP contribution in [0.1, 0.15) is 45.1 Å². The lowest BCUT2D eigenvalue weighted by molar-refractivity contribution is -0.156. The first-order chi connectivity index (χ1) is 15.2. The van der Waals surface area contributed by atoms with E-state index in [4.69, 9.17) is 4.74 Å². The molecule has 176 valence electrons. The first kappa shape index (κ1) is 24.2. The minimum absolute atomic E-state index is 0.131. The van der Waals surface area contributed by atoms with Gasteiger partial charge in [-0.3, -0.25) is 9.59 Å².